The molecule has 0 aliphatic carbocycles. The number of nitrogens with one attached hydrogen (secondary N) is 1. The van der Waals surface area contributed by atoms with Crippen LogP contribution in [0.25, 0.3) is 0 Å². The fourth-order valence-corrected chi connectivity index (χ4v) is 1.60. The first-order valence-electron chi connectivity index (χ1n) is 4.15. The van der Waals surface area contributed by atoms with Crippen LogP contribution in [-0.4, -0.2) is 6.54 Å². The van der Waals surface area contributed by atoms with Gasteiger partial charge in [-0.05, 0) is 35.4 Å². The highest BCUT2D eigenvalue weighted by atomic mass is 35.5. The Labute approximate surface area is 84.6 Å². The van der Waals surface area contributed by atoms with Crippen molar-refractivity contribution in [2.75, 3.05) is 6.54 Å². The molecule has 3 heteroatoms. The summed E-state index contributed by atoms with van der Waals surface area (Å²) in [6, 6.07) is 2.17. The predicted octanol–water partition coefficient (Wildman–Crippen LogP) is 3.06. The first kappa shape index (κ1) is 11.9. The van der Waals surface area contributed by atoms with Crippen molar-refractivity contribution in [3.8, 4) is 0 Å². The third-order valence-electron chi connectivity index (χ3n) is 1.62. The fraction of sp³-hybridized carbons (Fsp3) is 0.556. The van der Waals surface area contributed by atoms with Gasteiger partial charge in [0.1, 0.15) is 0 Å². The van der Waals surface area contributed by atoms with Crippen LogP contribution in [0, 0.1) is 0 Å². The van der Waals surface area contributed by atoms with Gasteiger partial charge in [0.15, 0.2) is 0 Å². The van der Waals surface area contributed by atoms with Crippen LogP contribution >= 0.6 is 23.7 Å². The predicted molar refractivity (Wildman–Crippen MR) is 58.2 cm³/mol. The van der Waals surface area contributed by atoms with E-state index in [1.165, 1.54) is 18.4 Å². The van der Waals surface area contributed by atoms with Crippen LogP contribution in [-0.2, 0) is 6.54 Å². The molecule has 1 heterocycles. The molecule has 0 saturated heterocycles. The molecule has 1 rings (SSSR count). The van der Waals surface area contributed by atoms with Crippen LogP contribution in [0.4, 0.5) is 0 Å². The van der Waals surface area contributed by atoms with E-state index >= 15 is 0 Å². The number of halogens is 1. The largest absolute Gasteiger partial charge is 0.313 e. The van der Waals surface area contributed by atoms with Crippen molar-refractivity contribution in [3.63, 3.8) is 0 Å². The van der Waals surface area contributed by atoms with E-state index in [0.717, 1.165) is 13.1 Å². The van der Waals surface area contributed by atoms with Gasteiger partial charge in [-0.3, -0.25) is 0 Å². The van der Waals surface area contributed by atoms with Gasteiger partial charge in [-0.1, -0.05) is 13.3 Å². The van der Waals surface area contributed by atoms with E-state index in [4.69, 9.17) is 0 Å². The standard InChI is InChI=1S/C9H15NS.ClH/c1-2-3-5-10-7-9-4-6-11-8-9;/h4,6,8,10H,2-3,5,7H2,1H3;1H. The topological polar surface area (TPSA) is 12.0 Å². The summed E-state index contributed by atoms with van der Waals surface area (Å²) in [7, 11) is 0. The molecule has 0 atom stereocenters. The average Bonchev–Trinajstić information content (AvgIpc) is 2.50. The summed E-state index contributed by atoms with van der Waals surface area (Å²) < 4.78 is 0. The molecule has 12 heavy (non-hydrogen) atoms. The highest BCUT2D eigenvalue weighted by molar-refractivity contribution is 7.07. The van der Waals surface area contributed by atoms with Crippen LogP contribution < -0.4 is 5.32 Å². The van der Waals surface area contributed by atoms with E-state index in [2.05, 4.69) is 29.1 Å². The number of thiophene rings is 1. The van der Waals surface area contributed by atoms with Crippen LogP contribution in [0.2, 0.25) is 0 Å². The van der Waals surface area contributed by atoms with E-state index in [1.54, 1.807) is 11.3 Å². The van der Waals surface area contributed by atoms with E-state index in [1.807, 2.05) is 0 Å². The van der Waals surface area contributed by atoms with E-state index < -0.39 is 0 Å². The molecular weight excluding hydrogens is 190 g/mol. The molecule has 0 aromatic carbocycles. The minimum Gasteiger partial charge on any atom is -0.313 e. The van der Waals surface area contributed by atoms with Crippen molar-refractivity contribution >= 4 is 23.7 Å². The number of unbranched alkanes of at least 4 members (excludes halogenated alkanes) is 1. The van der Waals surface area contributed by atoms with Crippen molar-refractivity contribution < 1.29 is 0 Å². The van der Waals surface area contributed by atoms with Crippen LogP contribution in [0.1, 0.15) is 25.3 Å². The zero-order valence-corrected chi connectivity index (χ0v) is 9.01. The zero-order chi connectivity index (χ0) is 7.94. The zero-order valence-electron chi connectivity index (χ0n) is 7.38. The molecule has 0 aliphatic heterocycles. The highest BCUT2D eigenvalue weighted by Gasteiger charge is 1.90. The van der Waals surface area contributed by atoms with Crippen molar-refractivity contribution in [2.24, 2.45) is 0 Å². The lowest BCUT2D eigenvalue weighted by molar-refractivity contribution is 0.642. The summed E-state index contributed by atoms with van der Waals surface area (Å²) in [5.74, 6) is 0. The molecule has 70 valence electrons. The van der Waals surface area contributed by atoms with Gasteiger partial charge in [0.25, 0.3) is 0 Å². The molecule has 1 N–H and O–H groups in total. The summed E-state index contributed by atoms with van der Waals surface area (Å²) >= 11 is 1.76. The van der Waals surface area contributed by atoms with Crippen LogP contribution in [0.3, 0.4) is 0 Å². The first-order valence-corrected chi connectivity index (χ1v) is 5.09. The molecule has 0 fully saturated rings. The van der Waals surface area contributed by atoms with E-state index in [-0.39, 0.29) is 12.4 Å². The van der Waals surface area contributed by atoms with Gasteiger partial charge in [0.2, 0.25) is 0 Å². The lowest BCUT2D eigenvalue weighted by Gasteiger charge is -1.99. The van der Waals surface area contributed by atoms with Gasteiger partial charge in [0.05, 0.1) is 0 Å². The van der Waals surface area contributed by atoms with E-state index in [0.29, 0.717) is 0 Å². The van der Waals surface area contributed by atoms with Gasteiger partial charge < -0.3 is 5.32 Å². The van der Waals surface area contributed by atoms with Crippen molar-refractivity contribution in [1.29, 1.82) is 0 Å². The number of hydrogen-bond donors (Lipinski definition) is 1. The molecule has 0 radical (unpaired) electrons. The molecule has 0 amide bonds. The Kier molecular flexibility index (Phi) is 7.56. The molecule has 1 nitrogen and oxygen atoms in total. The van der Waals surface area contributed by atoms with Crippen LogP contribution in [0.15, 0.2) is 16.8 Å². The minimum absolute atomic E-state index is 0. The van der Waals surface area contributed by atoms with Crippen molar-refractivity contribution in [2.45, 2.75) is 26.3 Å². The first-order chi connectivity index (χ1) is 5.43. The molecule has 0 aliphatic rings. The van der Waals surface area contributed by atoms with Gasteiger partial charge in [-0.25, -0.2) is 0 Å². The smallest absolute Gasteiger partial charge is 0.0213 e. The second-order valence-corrected chi connectivity index (χ2v) is 3.44. The number of hydrogen-bond acceptors (Lipinski definition) is 2. The second-order valence-electron chi connectivity index (χ2n) is 2.66. The van der Waals surface area contributed by atoms with Crippen molar-refractivity contribution in [3.05, 3.63) is 22.4 Å². The van der Waals surface area contributed by atoms with E-state index in [9.17, 15) is 0 Å². The summed E-state index contributed by atoms with van der Waals surface area (Å²) in [5, 5.41) is 7.71. The second kappa shape index (κ2) is 7.59. The van der Waals surface area contributed by atoms with Gasteiger partial charge in [-0.15, -0.1) is 12.4 Å². The average molecular weight is 206 g/mol. The molecule has 1 aromatic rings. The van der Waals surface area contributed by atoms with Gasteiger partial charge in [-0.2, -0.15) is 11.3 Å². The number of rotatable bonds is 5. The quantitative estimate of drug-likeness (QED) is 0.729. The SMILES string of the molecule is CCCCNCc1ccsc1.Cl. The molecule has 0 bridgehead atoms. The van der Waals surface area contributed by atoms with Crippen molar-refractivity contribution in [1.82, 2.24) is 5.32 Å². The lowest BCUT2D eigenvalue weighted by Crippen LogP contribution is -2.13. The molecule has 0 saturated carbocycles. The molecule has 0 unspecified atom stereocenters. The Morgan fingerprint density at radius 3 is 2.92 bits per heavy atom. The summed E-state index contributed by atoms with van der Waals surface area (Å²) in [4.78, 5) is 0. The Morgan fingerprint density at radius 2 is 2.33 bits per heavy atom. The Hall–Kier alpha value is -0.0500. The fourth-order valence-electron chi connectivity index (χ4n) is 0.928. The third-order valence-corrected chi connectivity index (χ3v) is 2.35. The minimum atomic E-state index is 0. The molecular formula is C9H16ClNS. The van der Waals surface area contributed by atoms with Gasteiger partial charge >= 0.3 is 0 Å². The maximum Gasteiger partial charge on any atom is 0.0213 e. The Balaban J connectivity index is 0.00000121. The van der Waals surface area contributed by atoms with Crippen LogP contribution in [0.5, 0.6) is 0 Å². The molecule has 0 spiro atoms. The monoisotopic (exact) mass is 205 g/mol. The normalized spacial score (nSPS) is 9.42. The maximum atomic E-state index is 3.40. The maximum absolute atomic E-state index is 3.40. The van der Waals surface area contributed by atoms with Gasteiger partial charge in [0, 0.05) is 6.54 Å². The summed E-state index contributed by atoms with van der Waals surface area (Å²) in [6.45, 7) is 4.39. The summed E-state index contributed by atoms with van der Waals surface area (Å²) in [6.07, 6.45) is 2.56. The third kappa shape index (κ3) is 4.75. The Bertz CT molecular complexity index is 175. The summed E-state index contributed by atoms with van der Waals surface area (Å²) in [5.41, 5.74) is 1.41. The lowest BCUT2D eigenvalue weighted by atomic mass is 10.3. The highest BCUT2D eigenvalue weighted by Crippen LogP contribution is 2.04. The Morgan fingerprint density at radius 1 is 1.50 bits per heavy atom. The molecule has 1 aromatic heterocycles.